The smallest absolute Gasteiger partial charge is 0.338 e. The van der Waals surface area contributed by atoms with Crippen LogP contribution in [0.25, 0.3) is 16.9 Å². The molecule has 0 spiro atoms. The average Bonchev–Trinajstić information content (AvgIpc) is 3.37. The van der Waals surface area contributed by atoms with Crippen molar-refractivity contribution in [1.82, 2.24) is 24.6 Å². The van der Waals surface area contributed by atoms with Crippen LogP contribution >= 0.6 is 11.6 Å². The molecule has 2 heterocycles. The first-order valence-electron chi connectivity index (χ1n) is 11.1. The van der Waals surface area contributed by atoms with Gasteiger partial charge < -0.3 is 15.2 Å². The number of rotatable bonds is 7. The Morgan fingerprint density at radius 3 is 2.56 bits per heavy atom. The van der Waals surface area contributed by atoms with Gasteiger partial charge in [0.15, 0.2) is 0 Å². The molecule has 0 unspecified atom stereocenters. The van der Waals surface area contributed by atoms with E-state index in [9.17, 15) is 30.8 Å². The molecule has 0 atom stereocenters. The van der Waals surface area contributed by atoms with Crippen molar-refractivity contribution in [3.05, 3.63) is 83.5 Å². The first kappa shape index (κ1) is 27.9. The fourth-order valence-electron chi connectivity index (χ4n) is 3.44. The fourth-order valence-corrected chi connectivity index (χ4v) is 4.60. The van der Waals surface area contributed by atoms with Gasteiger partial charge in [0.1, 0.15) is 11.6 Å². The van der Waals surface area contributed by atoms with Gasteiger partial charge in [-0.1, -0.05) is 23.7 Å². The third kappa shape index (κ3) is 6.46. The van der Waals surface area contributed by atoms with E-state index in [4.69, 9.17) is 11.6 Å². The van der Waals surface area contributed by atoms with Crippen LogP contribution in [0.5, 0.6) is 0 Å². The molecule has 0 saturated heterocycles. The van der Waals surface area contributed by atoms with Crippen LogP contribution in [-0.4, -0.2) is 35.5 Å². The highest BCUT2D eigenvalue weighted by Crippen LogP contribution is 2.33. The van der Waals surface area contributed by atoms with Gasteiger partial charge in [0.2, 0.25) is 5.95 Å². The first-order chi connectivity index (χ1) is 18.4. The summed E-state index contributed by atoms with van der Waals surface area (Å²) in [7, 11) is -4.28. The Morgan fingerprint density at radius 1 is 1.13 bits per heavy atom. The molecule has 9 nitrogen and oxygen atoms in total. The topological polar surface area (TPSA) is 118 Å². The number of urea groups is 1. The highest BCUT2D eigenvalue weighted by Gasteiger charge is 2.32. The molecule has 2 aromatic heterocycles. The summed E-state index contributed by atoms with van der Waals surface area (Å²) in [6.07, 6.45) is -1.37. The number of hydrogen-bond donors (Lipinski definition) is 3. The zero-order valence-electron chi connectivity index (χ0n) is 19.9. The predicted molar refractivity (Wildman–Crippen MR) is 136 cm³/mol. The Morgan fingerprint density at radius 2 is 1.90 bits per heavy atom. The molecule has 0 aliphatic heterocycles. The lowest BCUT2D eigenvalue weighted by Crippen LogP contribution is -2.39. The second kappa shape index (κ2) is 10.9. The van der Waals surface area contributed by atoms with Crippen molar-refractivity contribution in [3.8, 4) is 16.9 Å². The van der Waals surface area contributed by atoms with Gasteiger partial charge >= 0.3 is 12.2 Å². The second-order valence-electron chi connectivity index (χ2n) is 7.98. The van der Waals surface area contributed by atoms with E-state index in [0.717, 1.165) is 29.1 Å². The third-order valence-electron chi connectivity index (χ3n) is 5.23. The lowest BCUT2D eigenvalue weighted by Gasteiger charge is -2.14. The van der Waals surface area contributed by atoms with Crippen LogP contribution in [0.4, 0.5) is 34.0 Å². The summed E-state index contributed by atoms with van der Waals surface area (Å²) in [4.78, 5) is 20.0. The van der Waals surface area contributed by atoms with Crippen LogP contribution in [-0.2, 0) is 16.2 Å². The number of carbonyl (C=O) groups is 1. The minimum Gasteiger partial charge on any atom is -0.338 e. The van der Waals surface area contributed by atoms with Gasteiger partial charge in [0.25, 0.3) is 10.0 Å². The number of carbonyl (C=O) groups excluding carboxylic acids is 1. The molecule has 3 N–H and O–H groups in total. The lowest BCUT2D eigenvalue weighted by molar-refractivity contribution is -0.137. The molecule has 39 heavy (non-hydrogen) atoms. The molecular formula is C24H19ClF4N6O3S. The van der Waals surface area contributed by atoms with Crippen LogP contribution in [0.2, 0.25) is 5.02 Å². The van der Waals surface area contributed by atoms with Crippen molar-refractivity contribution < 1.29 is 30.8 Å². The van der Waals surface area contributed by atoms with Crippen molar-refractivity contribution in [2.24, 2.45) is 0 Å². The Bertz CT molecular complexity index is 1640. The monoisotopic (exact) mass is 582 g/mol. The van der Waals surface area contributed by atoms with E-state index in [2.05, 4.69) is 20.6 Å². The van der Waals surface area contributed by atoms with E-state index in [-0.39, 0.29) is 39.4 Å². The van der Waals surface area contributed by atoms with Crippen LogP contribution < -0.4 is 15.4 Å². The molecule has 0 aliphatic carbocycles. The fraction of sp³-hybridized carbons (Fsp3) is 0.125. The van der Waals surface area contributed by atoms with Crippen molar-refractivity contribution in [1.29, 1.82) is 0 Å². The van der Waals surface area contributed by atoms with Gasteiger partial charge in [-0.15, -0.1) is 0 Å². The zero-order chi connectivity index (χ0) is 28.4. The van der Waals surface area contributed by atoms with Crippen LogP contribution in [0.3, 0.4) is 0 Å². The number of amides is 2. The highest BCUT2D eigenvalue weighted by molar-refractivity contribution is 7.90. The van der Waals surface area contributed by atoms with Gasteiger partial charge in [-0.25, -0.2) is 27.3 Å². The van der Waals surface area contributed by atoms with E-state index < -0.39 is 33.6 Å². The second-order valence-corrected chi connectivity index (χ2v) is 10.1. The number of halogens is 5. The molecule has 0 aliphatic rings. The molecule has 15 heteroatoms. The number of hydrogen-bond acceptors (Lipinski definition) is 6. The summed E-state index contributed by atoms with van der Waals surface area (Å²) in [5.74, 6) is -0.731. The minimum atomic E-state index is -4.62. The van der Waals surface area contributed by atoms with Crippen molar-refractivity contribution in [3.63, 3.8) is 0 Å². The van der Waals surface area contributed by atoms with Crippen molar-refractivity contribution in [2.75, 3.05) is 11.9 Å². The maximum atomic E-state index is 13.5. The summed E-state index contributed by atoms with van der Waals surface area (Å²) in [5, 5.41) is 4.95. The highest BCUT2D eigenvalue weighted by atomic mass is 35.5. The first-order valence-corrected chi connectivity index (χ1v) is 13.0. The minimum absolute atomic E-state index is 0.0255. The van der Waals surface area contributed by atoms with Crippen molar-refractivity contribution in [2.45, 2.75) is 18.0 Å². The van der Waals surface area contributed by atoms with Gasteiger partial charge in [0.05, 0.1) is 15.5 Å². The van der Waals surface area contributed by atoms with Gasteiger partial charge in [0, 0.05) is 36.4 Å². The molecule has 2 amide bonds. The molecule has 4 rings (SSSR count). The normalized spacial score (nSPS) is 11.7. The Labute approximate surface area is 224 Å². The van der Waals surface area contributed by atoms with Gasteiger partial charge in [-0.2, -0.15) is 18.2 Å². The molecule has 2 aromatic carbocycles. The molecule has 0 bridgehead atoms. The third-order valence-corrected chi connectivity index (χ3v) is 6.85. The SMILES string of the molecule is CCNC(=O)NS(=O)(=O)c1cccc(-c2cnc(Nc3ccc(F)c(Cl)c3)nc2-n2ccc(C(F)(F)F)c2)c1. The van der Waals surface area contributed by atoms with E-state index in [1.807, 2.05) is 4.72 Å². The van der Waals surface area contributed by atoms with E-state index in [0.29, 0.717) is 5.69 Å². The van der Waals surface area contributed by atoms with Crippen LogP contribution in [0, 0.1) is 5.82 Å². The number of nitrogens with zero attached hydrogens (tertiary/aromatic N) is 3. The summed E-state index contributed by atoms with van der Waals surface area (Å²) in [5.41, 5.74) is -0.207. The summed E-state index contributed by atoms with van der Waals surface area (Å²) < 4.78 is 81.8. The van der Waals surface area contributed by atoms with E-state index in [1.165, 1.54) is 42.6 Å². The standard InChI is InChI=1S/C24H19ClF4N6O3S/c1-2-30-23(36)34-39(37,38)17-5-3-4-14(10-17)18-12-31-22(32-16-6-7-20(26)19(25)11-16)33-21(18)35-9-8-15(13-35)24(27,28)29/h3-13H,2H2,1H3,(H2,30,34,36)(H,31,32,33). The largest absolute Gasteiger partial charge is 0.417 e. The molecular weight excluding hydrogens is 564 g/mol. The average molecular weight is 583 g/mol. The lowest BCUT2D eigenvalue weighted by atomic mass is 10.1. The number of benzene rings is 2. The zero-order valence-corrected chi connectivity index (χ0v) is 21.5. The Balaban J connectivity index is 1.79. The summed E-state index contributed by atoms with van der Waals surface area (Å²) >= 11 is 5.81. The Kier molecular flexibility index (Phi) is 7.79. The number of alkyl halides is 3. The number of aromatic nitrogens is 3. The quantitative estimate of drug-likeness (QED) is 0.248. The van der Waals surface area contributed by atoms with E-state index >= 15 is 0 Å². The van der Waals surface area contributed by atoms with Crippen LogP contribution in [0.15, 0.2) is 72.0 Å². The maximum Gasteiger partial charge on any atom is 0.417 e. The number of nitrogens with one attached hydrogen (secondary N) is 3. The molecule has 0 saturated carbocycles. The molecule has 0 radical (unpaired) electrons. The predicted octanol–water partition coefficient (Wildman–Crippen LogP) is 5.50. The van der Waals surface area contributed by atoms with E-state index in [1.54, 1.807) is 6.92 Å². The van der Waals surface area contributed by atoms with Gasteiger partial charge in [-0.05, 0) is 48.9 Å². The number of anilines is 2. The molecule has 204 valence electrons. The number of sulfonamides is 1. The molecule has 4 aromatic rings. The van der Waals surface area contributed by atoms with Crippen LogP contribution in [0.1, 0.15) is 12.5 Å². The summed E-state index contributed by atoms with van der Waals surface area (Å²) in [6.45, 7) is 1.81. The Hall–Kier alpha value is -4.17. The maximum absolute atomic E-state index is 13.5. The summed E-state index contributed by atoms with van der Waals surface area (Å²) in [6, 6.07) is 9.08. The van der Waals surface area contributed by atoms with Gasteiger partial charge in [-0.3, -0.25) is 0 Å². The van der Waals surface area contributed by atoms with Crippen molar-refractivity contribution >= 4 is 39.3 Å². The molecule has 0 fully saturated rings.